The molecule has 0 aliphatic carbocycles. The maximum absolute atomic E-state index is 12.5. The highest BCUT2D eigenvalue weighted by atomic mass is 32.2. The predicted octanol–water partition coefficient (Wildman–Crippen LogP) is 3.05. The van der Waals surface area contributed by atoms with Crippen LogP contribution in [0.4, 0.5) is 5.69 Å². The fourth-order valence-corrected chi connectivity index (χ4v) is 3.97. The number of non-ortho nitro benzene ring substituents is 1. The first-order valence-electron chi connectivity index (χ1n) is 10.1. The summed E-state index contributed by atoms with van der Waals surface area (Å²) in [6, 6.07) is 12.9. The molecule has 0 saturated heterocycles. The summed E-state index contributed by atoms with van der Waals surface area (Å²) in [5.74, 6) is 0.961. The zero-order valence-electron chi connectivity index (χ0n) is 18.2. The van der Waals surface area contributed by atoms with Crippen LogP contribution in [0.5, 0.6) is 5.75 Å². The van der Waals surface area contributed by atoms with Gasteiger partial charge in [0.05, 0.1) is 30.8 Å². The third-order valence-corrected chi connectivity index (χ3v) is 5.76. The van der Waals surface area contributed by atoms with Crippen LogP contribution in [0, 0.1) is 10.1 Å². The van der Waals surface area contributed by atoms with Gasteiger partial charge in [0.25, 0.3) is 5.69 Å². The Morgan fingerprint density at radius 3 is 2.61 bits per heavy atom. The van der Waals surface area contributed by atoms with E-state index in [-0.39, 0.29) is 41.7 Å². The second-order valence-corrected chi connectivity index (χ2v) is 7.91. The number of nitrogens with one attached hydrogen (secondary N) is 1. The number of aromatic nitrogens is 3. The van der Waals surface area contributed by atoms with Crippen LogP contribution in [0.15, 0.2) is 53.7 Å². The zero-order valence-corrected chi connectivity index (χ0v) is 19.0. The summed E-state index contributed by atoms with van der Waals surface area (Å²) in [6.45, 7) is 2.68. The molecule has 11 heteroatoms. The van der Waals surface area contributed by atoms with Crippen LogP contribution in [0.25, 0.3) is 0 Å². The van der Waals surface area contributed by atoms with E-state index in [0.717, 1.165) is 11.3 Å². The van der Waals surface area contributed by atoms with E-state index in [0.29, 0.717) is 17.5 Å². The maximum Gasteiger partial charge on any atom is 0.270 e. The number of ether oxygens (including phenoxy) is 1. The van der Waals surface area contributed by atoms with Crippen molar-refractivity contribution in [2.24, 2.45) is 0 Å². The van der Waals surface area contributed by atoms with Crippen molar-refractivity contribution in [1.29, 1.82) is 0 Å². The maximum atomic E-state index is 12.5. The SMILES string of the molecule is CCn1c(CNC(=O)Cc2ccc(OC)cc2)nnc1SCC(=O)c1cccc([N+](=O)[O-])c1. The quantitative estimate of drug-likeness (QED) is 0.196. The Bertz CT molecular complexity index is 1150. The Hall–Kier alpha value is -3.73. The molecular weight excluding hydrogens is 446 g/mol. The molecule has 0 spiro atoms. The molecule has 0 fully saturated rings. The van der Waals surface area contributed by atoms with E-state index < -0.39 is 4.92 Å². The number of carbonyl (C=O) groups excluding carboxylic acids is 2. The standard InChI is InChI=1S/C22H23N5O5S/c1-3-26-20(13-23-21(29)11-15-7-9-18(32-2)10-8-15)24-25-22(26)33-14-19(28)16-5-4-6-17(12-16)27(30)31/h4-10,12H,3,11,13-14H2,1-2H3,(H,23,29). The lowest BCUT2D eigenvalue weighted by molar-refractivity contribution is -0.384. The van der Waals surface area contributed by atoms with E-state index in [4.69, 9.17) is 4.74 Å². The normalized spacial score (nSPS) is 10.6. The van der Waals surface area contributed by atoms with Gasteiger partial charge in [-0.2, -0.15) is 0 Å². The van der Waals surface area contributed by atoms with Crippen molar-refractivity contribution in [3.63, 3.8) is 0 Å². The molecule has 0 atom stereocenters. The Morgan fingerprint density at radius 2 is 1.94 bits per heavy atom. The molecule has 0 unspecified atom stereocenters. The first-order valence-corrected chi connectivity index (χ1v) is 11.1. The Labute approximate surface area is 194 Å². The van der Waals surface area contributed by atoms with E-state index in [1.54, 1.807) is 25.3 Å². The molecule has 0 aliphatic heterocycles. The molecule has 3 rings (SSSR count). The molecule has 1 aromatic heterocycles. The second-order valence-electron chi connectivity index (χ2n) is 6.96. The number of nitro benzene ring substituents is 1. The minimum Gasteiger partial charge on any atom is -0.497 e. The number of amides is 1. The number of Topliss-reactive ketones (excluding diaryl/α,β-unsaturated/α-hetero) is 1. The molecule has 172 valence electrons. The van der Waals surface area contributed by atoms with Gasteiger partial charge in [-0.05, 0) is 24.6 Å². The molecule has 3 aromatic rings. The number of rotatable bonds is 11. The number of hydrogen-bond donors (Lipinski definition) is 1. The molecule has 0 bridgehead atoms. The fourth-order valence-electron chi connectivity index (χ4n) is 3.05. The minimum absolute atomic E-state index is 0.0587. The van der Waals surface area contributed by atoms with Gasteiger partial charge in [0.2, 0.25) is 5.91 Å². The lowest BCUT2D eigenvalue weighted by Crippen LogP contribution is -2.26. The van der Waals surface area contributed by atoms with Gasteiger partial charge in [-0.25, -0.2) is 0 Å². The van der Waals surface area contributed by atoms with E-state index in [1.807, 2.05) is 23.6 Å². The summed E-state index contributed by atoms with van der Waals surface area (Å²) in [4.78, 5) is 35.1. The third kappa shape index (κ3) is 6.39. The summed E-state index contributed by atoms with van der Waals surface area (Å²) in [5, 5.41) is 22.6. The Morgan fingerprint density at radius 1 is 1.18 bits per heavy atom. The topological polar surface area (TPSA) is 129 Å². The van der Waals surface area contributed by atoms with Crippen LogP contribution < -0.4 is 10.1 Å². The van der Waals surface area contributed by atoms with Crippen molar-refractivity contribution in [2.45, 2.75) is 31.6 Å². The Kier molecular flexibility index (Phi) is 8.14. The number of nitro groups is 1. The zero-order chi connectivity index (χ0) is 23.8. The first kappa shape index (κ1) is 23.9. The van der Waals surface area contributed by atoms with E-state index >= 15 is 0 Å². The van der Waals surface area contributed by atoms with E-state index in [9.17, 15) is 19.7 Å². The van der Waals surface area contributed by atoms with E-state index in [2.05, 4.69) is 15.5 Å². The molecule has 1 amide bonds. The van der Waals surface area contributed by atoms with Crippen molar-refractivity contribution in [1.82, 2.24) is 20.1 Å². The minimum atomic E-state index is -0.535. The van der Waals surface area contributed by atoms with E-state index in [1.165, 1.54) is 30.0 Å². The van der Waals surface area contributed by atoms with Gasteiger partial charge in [0.1, 0.15) is 5.75 Å². The summed E-state index contributed by atoms with van der Waals surface area (Å²) >= 11 is 1.20. The van der Waals surface area contributed by atoms with Gasteiger partial charge >= 0.3 is 0 Å². The van der Waals surface area contributed by atoms with Crippen LogP contribution in [0.2, 0.25) is 0 Å². The van der Waals surface area contributed by atoms with Crippen molar-refractivity contribution in [3.8, 4) is 5.75 Å². The lowest BCUT2D eigenvalue weighted by atomic mass is 10.1. The van der Waals surface area contributed by atoms with Gasteiger partial charge < -0.3 is 14.6 Å². The first-order chi connectivity index (χ1) is 15.9. The molecule has 1 N–H and O–H groups in total. The molecule has 0 radical (unpaired) electrons. The highest BCUT2D eigenvalue weighted by molar-refractivity contribution is 7.99. The molecule has 2 aromatic carbocycles. The molecule has 33 heavy (non-hydrogen) atoms. The van der Waals surface area contributed by atoms with Crippen molar-refractivity contribution in [3.05, 3.63) is 75.6 Å². The third-order valence-electron chi connectivity index (χ3n) is 4.79. The van der Waals surface area contributed by atoms with Crippen LogP contribution in [-0.4, -0.2) is 44.2 Å². The number of methoxy groups -OCH3 is 1. The van der Waals surface area contributed by atoms with Crippen molar-refractivity contribution >= 4 is 29.1 Å². The number of carbonyl (C=O) groups is 2. The van der Waals surface area contributed by atoms with Crippen molar-refractivity contribution < 1.29 is 19.2 Å². The van der Waals surface area contributed by atoms with Gasteiger partial charge in [-0.3, -0.25) is 19.7 Å². The summed E-state index contributed by atoms with van der Waals surface area (Å²) in [6.07, 6.45) is 0.226. The van der Waals surface area contributed by atoms with Gasteiger partial charge in [-0.1, -0.05) is 36.0 Å². The summed E-state index contributed by atoms with van der Waals surface area (Å²) < 4.78 is 6.93. The highest BCUT2D eigenvalue weighted by Crippen LogP contribution is 2.20. The van der Waals surface area contributed by atoms with Crippen LogP contribution in [0.3, 0.4) is 0 Å². The van der Waals surface area contributed by atoms with Crippen LogP contribution >= 0.6 is 11.8 Å². The number of nitrogens with zero attached hydrogens (tertiary/aromatic N) is 4. The molecule has 10 nitrogen and oxygen atoms in total. The average molecular weight is 470 g/mol. The fraction of sp³-hybridized carbons (Fsp3) is 0.273. The number of thioether (sulfide) groups is 1. The van der Waals surface area contributed by atoms with Crippen LogP contribution in [-0.2, 0) is 24.3 Å². The lowest BCUT2D eigenvalue weighted by Gasteiger charge is -2.09. The molecule has 1 heterocycles. The second kappa shape index (κ2) is 11.2. The smallest absolute Gasteiger partial charge is 0.270 e. The summed E-state index contributed by atoms with van der Waals surface area (Å²) in [7, 11) is 1.59. The Balaban J connectivity index is 1.56. The number of hydrogen-bond acceptors (Lipinski definition) is 8. The van der Waals surface area contributed by atoms with Crippen LogP contribution in [0.1, 0.15) is 28.7 Å². The number of benzene rings is 2. The molecule has 0 saturated carbocycles. The summed E-state index contributed by atoms with van der Waals surface area (Å²) in [5.41, 5.74) is 1.00. The van der Waals surface area contributed by atoms with Gasteiger partial charge in [0.15, 0.2) is 16.8 Å². The largest absolute Gasteiger partial charge is 0.497 e. The van der Waals surface area contributed by atoms with Crippen molar-refractivity contribution in [2.75, 3.05) is 12.9 Å². The monoisotopic (exact) mass is 469 g/mol. The molecular formula is C22H23N5O5S. The highest BCUT2D eigenvalue weighted by Gasteiger charge is 2.16. The van der Waals surface area contributed by atoms with Gasteiger partial charge in [0, 0.05) is 24.2 Å². The predicted molar refractivity (Wildman–Crippen MR) is 122 cm³/mol. The number of ketones is 1. The molecule has 0 aliphatic rings. The average Bonchev–Trinajstić information content (AvgIpc) is 3.23. The van der Waals surface area contributed by atoms with Gasteiger partial charge in [-0.15, -0.1) is 10.2 Å².